The molecule has 0 atom stereocenters. The number of benzene rings is 2. The molecule has 210 valence electrons. The normalized spacial score (nSPS) is 24.7. The summed E-state index contributed by atoms with van der Waals surface area (Å²) >= 11 is 0. The number of rotatable bonds is 9. The minimum absolute atomic E-state index is 0.118. The van der Waals surface area contributed by atoms with Gasteiger partial charge in [0.05, 0.1) is 5.56 Å². The maximum absolute atomic E-state index is 14.5. The molecule has 2 aliphatic rings. The standard InChI is InChI=1S/C30H36F6O2/c1-2-20-5-11-23(12-6-20)24-13-7-21(8-14-24)3-4-22-9-16-26(17-10-22)37-29(32,33)25-15-18-28(27(31)19-25)38-30(34,35)36/h9-10,15-21,23-24H,2-8,11-14H2,1H3. The predicted molar refractivity (Wildman–Crippen MR) is 134 cm³/mol. The Balaban J connectivity index is 1.23. The summed E-state index contributed by atoms with van der Waals surface area (Å²) < 4.78 is 88.0. The summed E-state index contributed by atoms with van der Waals surface area (Å²) in [4.78, 5) is 0. The van der Waals surface area contributed by atoms with E-state index in [9.17, 15) is 26.3 Å². The van der Waals surface area contributed by atoms with Crippen LogP contribution in [-0.2, 0) is 12.5 Å². The van der Waals surface area contributed by atoms with E-state index < -0.39 is 29.6 Å². The van der Waals surface area contributed by atoms with E-state index in [1.165, 1.54) is 69.9 Å². The average molecular weight is 543 g/mol. The van der Waals surface area contributed by atoms with Crippen LogP contribution in [0.2, 0.25) is 0 Å². The summed E-state index contributed by atoms with van der Waals surface area (Å²) in [5.41, 5.74) is 0.114. The molecular weight excluding hydrogens is 506 g/mol. The molecule has 0 spiro atoms. The largest absolute Gasteiger partial charge is 0.573 e. The van der Waals surface area contributed by atoms with E-state index in [1.807, 2.05) is 0 Å². The summed E-state index contributed by atoms with van der Waals surface area (Å²) in [7, 11) is 0. The van der Waals surface area contributed by atoms with Gasteiger partial charge >= 0.3 is 12.5 Å². The molecule has 8 heteroatoms. The fourth-order valence-corrected chi connectivity index (χ4v) is 6.21. The lowest BCUT2D eigenvalue weighted by Gasteiger charge is -2.37. The fraction of sp³-hybridized carbons (Fsp3) is 0.600. The molecule has 0 unspecified atom stereocenters. The Bertz CT molecular complexity index is 1020. The Kier molecular flexibility index (Phi) is 9.19. The number of halogens is 6. The molecule has 0 aromatic heterocycles. The molecule has 2 aromatic rings. The number of hydrogen-bond acceptors (Lipinski definition) is 2. The van der Waals surface area contributed by atoms with Crippen LogP contribution in [0.3, 0.4) is 0 Å². The highest BCUT2D eigenvalue weighted by Crippen LogP contribution is 2.43. The first kappa shape index (κ1) is 28.6. The third kappa shape index (κ3) is 7.82. The van der Waals surface area contributed by atoms with E-state index in [0.717, 1.165) is 36.2 Å². The van der Waals surface area contributed by atoms with Gasteiger partial charge in [-0.3, -0.25) is 0 Å². The van der Waals surface area contributed by atoms with Crippen molar-refractivity contribution in [3.05, 3.63) is 59.4 Å². The number of alkyl halides is 5. The zero-order valence-electron chi connectivity index (χ0n) is 21.7. The van der Waals surface area contributed by atoms with Crippen molar-refractivity contribution in [3.63, 3.8) is 0 Å². The minimum atomic E-state index is -5.13. The second-order valence-corrected chi connectivity index (χ2v) is 11.0. The Labute approximate surface area is 220 Å². The topological polar surface area (TPSA) is 18.5 Å². The molecular formula is C30H36F6O2. The van der Waals surface area contributed by atoms with Crippen LogP contribution in [0.5, 0.6) is 11.5 Å². The van der Waals surface area contributed by atoms with Crippen molar-refractivity contribution in [2.45, 2.75) is 90.0 Å². The van der Waals surface area contributed by atoms with E-state index in [0.29, 0.717) is 18.1 Å². The van der Waals surface area contributed by atoms with Gasteiger partial charge in [-0.05, 0) is 98.1 Å². The van der Waals surface area contributed by atoms with Crippen LogP contribution in [0.15, 0.2) is 42.5 Å². The van der Waals surface area contributed by atoms with Crippen LogP contribution in [0.4, 0.5) is 26.3 Å². The molecule has 0 saturated heterocycles. The molecule has 0 aliphatic heterocycles. The summed E-state index contributed by atoms with van der Waals surface area (Å²) in [6.45, 7) is 2.30. The molecule has 4 rings (SSSR count). The molecule has 2 saturated carbocycles. The maximum Gasteiger partial charge on any atom is 0.573 e. The second kappa shape index (κ2) is 12.2. The minimum Gasteiger partial charge on any atom is -0.429 e. The first-order chi connectivity index (χ1) is 18.0. The van der Waals surface area contributed by atoms with Gasteiger partial charge in [-0.25, -0.2) is 4.39 Å². The average Bonchev–Trinajstić information content (AvgIpc) is 2.89. The smallest absolute Gasteiger partial charge is 0.429 e. The molecule has 2 fully saturated rings. The third-order valence-electron chi connectivity index (χ3n) is 8.53. The molecule has 0 heterocycles. The zero-order valence-corrected chi connectivity index (χ0v) is 21.7. The first-order valence-corrected chi connectivity index (χ1v) is 13.7. The Hall–Kier alpha value is -2.38. The van der Waals surface area contributed by atoms with E-state index in [4.69, 9.17) is 4.74 Å². The number of hydrogen-bond donors (Lipinski definition) is 0. The van der Waals surface area contributed by atoms with Crippen LogP contribution >= 0.6 is 0 Å². The van der Waals surface area contributed by atoms with Crippen LogP contribution < -0.4 is 9.47 Å². The summed E-state index contributed by atoms with van der Waals surface area (Å²) in [6, 6.07) is 7.77. The van der Waals surface area contributed by atoms with Gasteiger partial charge in [-0.2, -0.15) is 8.78 Å². The van der Waals surface area contributed by atoms with Crippen molar-refractivity contribution in [1.29, 1.82) is 0 Å². The van der Waals surface area contributed by atoms with E-state index in [2.05, 4.69) is 11.7 Å². The molecule has 0 amide bonds. The third-order valence-corrected chi connectivity index (χ3v) is 8.53. The SMILES string of the molecule is CCC1CCC(C2CCC(CCc3ccc(OC(F)(F)c4ccc(OC(F)(F)F)c(F)c4)cc3)CC2)CC1. The molecule has 38 heavy (non-hydrogen) atoms. The highest BCUT2D eigenvalue weighted by molar-refractivity contribution is 5.33. The molecule has 2 nitrogen and oxygen atoms in total. The highest BCUT2D eigenvalue weighted by Gasteiger charge is 2.37. The molecule has 0 radical (unpaired) electrons. The molecule has 0 bridgehead atoms. The van der Waals surface area contributed by atoms with Crippen molar-refractivity contribution in [2.24, 2.45) is 23.7 Å². The Morgan fingerprint density at radius 2 is 1.32 bits per heavy atom. The van der Waals surface area contributed by atoms with Crippen molar-refractivity contribution < 1.29 is 35.8 Å². The van der Waals surface area contributed by atoms with Gasteiger partial charge in [0.1, 0.15) is 5.75 Å². The van der Waals surface area contributed by atoms with Gasteiger partial charge in [0.15, 0.2) is 11.6 Å². The zero-order chi connectivity index (χ0) is 27.3. The van der Waals surface area contributed by atoms with Crippen LogP contribution in [-0.4, -0.2) is 6.36 Å². The van der Waals surface area contributed by atoms with E-state index in [1.54, 1.807) is 12.1 Å². The summed E-state index contributed by atoms with van der Waals surface area (Å²) in [6.07, 6.45) is 4.91. The lowest BCUT2D eigenvalue weighted by Crippen LogP contribution is -2.25. The summed E-state index contributed by atoms with van der Waals surface area (Å²) in [5.74, 6) is 0.550. The van der Waals surface area contributed by atoms with Crippen LogP contribution in [0.1, 0.15) is 82.3 Å². The molecule has 2 aliphatic carbocycles. The quantitative estimate of drug-likeness (QED) is 0.294. The first-order valence-electron chi connectivity index (χ1n) is 13.7. The van der Waals surface area contributed by atoms with E-state index in [-0.39, 0.29) is 11.8 Å². The fourth-order valence-electron chi connectivity index (χ4n) is 6.21. The van der Waals surface area contributed by atoms with Gasteiger partial charge in [-0.1, -0.05) is 51.2 Å². The second-order valence-electron chi connectivity index (χ2n) is 11.0. The Morgan fingerprint density at radius 3 is 1.84 bits per heavy atom. The molecule has 0 N–H and O–H groups in total. The van der Waals surface area contributed by atoms with Crippen molar-refractivity contribution in [1.82, 2.24) is 0 Å². The van der Waals surface area contributed by atoms with Gasteiger partial charge in [-0.15, -0.1) is 13.2 Å². The lowest BCUT2D eigenvalue weighted by molar-refractivity contribution is -0.275. The molecule has 2 aromatic carbocycles. The van der Waals surface area contributed by atoms with Gasteiger partial charge in [0, 0.05) is 0 Å². The Morgan fingerprint density at radius 1 is 0.737 bits per heavy atom. The highest BCUT2D eigenvalue weighted by atomic mass is 19.4. The monoisotopic (exact) mass is 542 g/mol. The summed E-state index contributed by atoms with van der Waals surface area (Å²) in [5, 5.41) is 0. The maximum atomic E-state index is 14.5. The predicted octanol–water partition coefficient (Wildman–Crippen LogP) is 9.81. The van der Waals surface area contributed by atoms with Gasteiger partial charge in [0.25, 0.3) is 0 Å². The van der Waals surface area contributed by atoms with Gasteiger partial charge < -0.3 is 9.47 Å². The van der Waals surface area contributed by atoms with Crippen molar-refractivity contribution in [2.75, 3.05) is 0 Å². The van der Waals surface area contributed by atoms with Gasteiger partial charge in [0.2, 0.25) is 0 Å². The van der Waals surface area contributed by atoms with Crippen molar-refractivity contribution >= 4 is 0 Å². The van der Waals surface area contributed by atoms with E-state index >= 15 is 0 Å². The van der Waals surface area contributed by atoms with Crippen molar-refractivity contribution in [3.8, 4) is 11.5 Å². The van der Waals surface area contributed by atoms with Crippen LogP contribution in [0, 0.1) is 29.5 Å². The lowest BCUT2D eigenvalue weighted by atomic mass is 9.68. The van der Waals surface area contributed by atoms with Crippen LogP contribution in [0.25, 0.3) is 0 Å². The number of aryl methyl sites for hydroxylation is 1. The number of ether oxygens (including phenoxy) is 2.